The van der Waals surface area contributed by atoms with Gasteiger partial charge in [-0.15, -0.1) is 0 Å². The van der Waals surface area contributed by atoms with Crippen LogP contribution in [0.2, 0.25) is 0 Å². The summed E-state index contributed by atoms with van der Waals surface area (Å²) in [6.45, 7) is 5.41. The highest BCUT2D eigenvalue weighted by atomic mass is 16.5. The fraction of sp³-hybridized carbons (Fsp3) is 0.933. The molecule has 2 atom stereocenters. The van der Waals surface area contributed by atoms with Gasteiger partial charge in [0, 0.05) is 44.7 Å². The third-order valence-corrected chi connectivity index (χ3v) is 5.20. The van der Waals surface area contributed by atoms with E-state index in [0.29, 0.717) is 23.3 Å². The van der Waals surface area contributed by atoms with E-state index in [1.165, 1.54) is 38.6 Å². The van der Waals surface area contributed by atoms with Crippen molar-refractivity contribution in [3.05, 3.63) is 0 Å². The minimum atomic E-state index is 0.409. The SMILES string of the molecule is CC1(CN2C3CCCC2CC(=O)C3)CCOCC1. The number of hydrogen-bond donors (Lipinski definition) is 0. The third kappa shape index (κ3) is 2.48. The first-order valence-electron chi connectivity index (χ1n) is 7.51. The van der Waals surface area contributed by atoms with Crippen molar-refractivity contribution in [2.75, 3.05) is 19.8 Å². The topological polar surface area (TPSA) is 29.5 Å². The number of nitrogens with zero attached hydrogens (tertiary/aromatic N) is 1. The van der Waals surface area contributed by atoms with E-state index in [-0.39, 0.29) is 0 Å². The molecule has 0 N–H and O–H groups in total. The van der Waals surface area contributed by atoms with Crippen LogP contribution in [0.25, 0.3) is 0 Å². The van der Waals surface area contributed by atoms with Crippen LogP contribution in [0, 0.1) is 5.41 Å². The lowest BCUT2D eigenvalue weighted by molar-refractivity contribution is -0.129. The molecule has 3 heteroatoms. The van der Waals surface area contributed by atoms with E-state index in [0.717, 1.165) is 26.1 Å². The first-order valence-corrected chi connectivity index (χ1v) is 7.51. The average Bonchev–Trinajstić information content (AvgIpc) is 2.31. The minimum Gasteiger partial charge on any atom is -0.381 e. The van der Waals surface area contributed by atoms with Crippen molar-refractivity contribution in [2.45, 2.75) is 64.0 Å². The van der Waals surface area contributed by atoms with E-state index >= 15 is 0 Å². The molecule has 0 saturated carbocycles. The Bertz CT molecular complexity index is 306. The van der Waals surface area contributed by atoms with Crippen LogP contribution in [-0.4, -0.2) is 42.5 Å². The van der Waals surface area contributed by atoms with E-state index in [2.05, 4.69) is 11.8 Å². The number of piperidine rings is 2. The molecule has 3 rings (SSSR count). The molecule has 0 aromatic carbocycles. The molecule has 102 valence electrons. The van der Waals surface area contributed by atoms with Gasteiger partial charge in [-0.25, -0.2) is 0 Å². The summed E-state index contributed by atoms with van der Waals surface area (Å²) < 4.78 is 5.49. The highest BCUT2D eigenvalue weighted by Crippen LogP contribution is 2.38. The molecule has 0 amide bonds. The van der Waals surface area contributed by atoms with Gasteiger partial charge in [-0.2, -0.15) is 0 Å². The van der Waals surface area contributed by atoms with Crippen LogP contribution in [0.15, 0.2) is 0 Å². The van der Waals surface area contributed by atoms with Gasteiger partial charge in [-0.3, -0.25) is 9.69 Å². The Morgan fingerprint density at radius 2 is 1.83 bits per heavy atom. The fourth-order valence-corrected chi connectivity index (χ4v) is 3.99. The molecule has 0 aromatic heterocycles. The molecule has 0 radical (unpaired) electrons. The van der Waals surface area contributed by atoms with E-state index in [4.69, 9.17) is 4.74 Å². The number of rotatable bonds is 2. The van der Waals surface area contributed by atoms with E-state index in [1.807, 2.05) is 0 Å². The Morgan fingerprint density at radius 3 is 2.44 bits per heavy atom. The van der Waals surface area contributed by atoms with Crippen molar-refractivity contribution < 1.29 is 9.53 Å². The van der Waals surface area contributed by atoms with Crippen molar-refractivity contribution >= 4 is 5.78 Å². The number of ether oxygens (including phenoxy) is 1. The molecule has 0 aromatic rings. The molecule has 2 bridgehead atoms. The lowest BCUT2D eigenvalue weighted by Crippen LogP contribution is -2.55. The summed E-state index contributed by atoms with van der Waals surface area (Å²) in [5.41, 5.74) is 0.409. The smallest absolute Gasteiger partial charge is 0.136 e. The summed E-state index contributed by atoms with van der Waals surface area (Å²) in [6, 6.07) is 1.09. The zero-order valence-corrected chi connectivity index (χ0v) is 11.5. The summed E-state index contributed by atoms with van der Waals surface area (Å²) in [5, 5.41) is 0. The molecular weight excluding hydrogens is 226 g/mol. The molecule has 3 aliphatic heterocycles. The second kappa shape index (κ2) is 4.93. The van der Waals surface area contributed by atoms with Crippen LogP contribution in [0.4, 0.5) is 0 Å². The van der Waals surface area contributed by atoms with E-state index < -0.39 is 0 Å². The Labute approximate surface area is 110 Å². The monoisotopic (exact) mass is 251 g/mol. The van der Waals surface area contributed by atoms with Crippen LogP contribution in [0.5, 0.6) is 0 Å². The van der Waals surface area contributed by atoms with Gasteiger partial charge >= 0.3 is 0 Å². The summed E-state index contributed by atoms with van der Waals surface area (Å²) in [6.07, 6.45) is 7.75. The number of fused-ring (bicyclic) bond motifs is 2. The quantitative estimate of drug-likeness (QED) is 0.754. The number of carbonyl (C=O) groups excluding carboxylic acids is 1. The lowest BCUT2D eigenvalue weighted by atomic mass is 9.77. The molecule has 0 aliphatic carbocycles. The van der Waals surface area contributed by atoms with Crippen LogP contribution < -0.4 is 0 Å². The second-order valence-corrected chi connectivity index (χ2v) is 6.78. The van der Waals surface area contributed by atoms with Crippen LogP contribution >= 0.6 is 0 Å². The Hall–Kier alpha value is -0.410. The first-order chi connectivity index (χ1) is 8.66. The van der Waals surface area contributed by atoms with Gasteiger partial charge in [0.2, 0.25) is 0 Å². The van der Waals surface area contributed by atoms with Crippen molar-refractivity contribution in [2.24, 2.45) is 5.41 Å². The molecule has 3 heterocycles. The zero-order chi connectivity index (χ0) is 12.6. The van der Waals surface area contributed by atoms with Crippen molar-refractivity contribution in [1.29, 1.82) is 0 Å². The van der Waals surface area contributed by atoms with Gasteiger partial charge in [0.15, 0.2) is 0 Å². The molecule has 0 spiro atoms. The van der Waals surface area contributed by atoms with Crippen LogP contribution in [0.3, 0.4) is 0 Å². The number of hydrogen-bond acceptors (Lipinski definition) is 3. The van der Waals surface area contributed by atoms with Crippen LogP contribution in [-0.2, 0) is 9.53 Å². The lowest BCUT2D eigenvalue weighted by Gasteiger charge is -2.49. The average molecular weight is 251 g/mol. The summed E-state index contributed by atoms with van der Waals surface area (Å²) >= 11 is 0. The Morgan fingerprint density at radius 1 is 1.22 bits per heavy atom. The molecular formula is C15H25NO2. The van der Waals surface area contributed by atoms with Crippen LogP contribution in [0.1, 0.15) is 51.9 Å². The van der Waals surface area contributed by atoms with Gasteiger partial charge in [-0.05, 0) is 31.1 Å². The molecule has 3 aliphatic rings. The zero-order valence-electron chi connectivity index (χ0n) is 11.5. The van der Waals surface area contributed by atoms with E-state index in [9.17, 15) is 4.79 Å². The molecule has 2 unspecified atom stereocenters. The van der Waals surface area contributed by atoms with Crippen molar-refractivity contribution in [3.63, 3.8) is 0 Å². The van der Waals surface area contributed by atoms with Crippen molar-refractivity contribution in [3.8, 4) is 0 Å². The minimum absolute atomic E-state index is 0.409. The Kier molecular flexibility index (Phi) is 3.46. The molecule has 3 nitrogen and oxygen atoms in total. The summed E-state index contributed by atoms with van der Waals surface area (Å²) in [7, 11) is 0. The molecule has 18 heavy (non-hydrogen) atoms. The van der Waals surface area contributed by atoms with Gasteiger partial charge in [0.25, 0.3) is 0 Å². The normalized spacial score (nSPS) is 36.6. The number of ketones is 1. The maximum Gasteiger partial charge on any atom is 0.136 e. The maximum absolute atomic E-state index is 11.7. The highest BCUT2D eigenvalue weighted by Gasteiger charge is 2.41. The van der Waals surface area contributed by atoms with Gasteiger partial charge in [-0.1, -0.05) is 13.3 Å². The standard InChI is InChI=1S/C15H25NO2/c1-15(5-7-18-8-6-15)11-16-12-3-2-4-13(16)10-14(17)9-12/h12-13H,2-11H2,1H3. The second-order valence-electron chi connectivity index (χ2n) is 6.78. The maximum atomic E-state index is 11.7. The fourth-order valence-electron chi connectivity index (χ4n) is 3.99. The number of Topliss-reactive ketones (excluding diaryl/α,β-unsaturated/α-hetero) is 1. The largest absolute Gasteiger partial charge is 0.381 e. The highest BCUT2D eigenvalue weighted by molar-refractivity contribution is 5.80. The predicted octanol–water partition coefficient (Wildman–Crippen LogP) is 2.39. The Balaban J connectivity index is 1.69. The van der Waals surface area contributed by atoms with Gasteiger partial charge in [0.05, 0.1) is 0 Å². The van der Waals surface area contributed by atoms with E-state index in [1.54, 1.807) is 0 Å². The predicted molar refractivity (Wildman–Crippen MR) is 70.5 cm³/mol. The number of carbonyl (C=O) groups is 1. The molecule has 3 fully saturated rings. The van der Waals surface area contributed by atoms with Crippen molar-refractivity contribution in [1.82, 2.24) is 4.90 Å². The third-order valence-electron chi connectivity index (χ3n) is 5.20. The summed E-state index contributed by atoms with van der Waals surface area (Å²) in [4.78, 5) is 14.4. The van der Waals surface area contributed by atoms with Gasteiger partial charge in [0.1, 0.15) is 5.78 Å². The molecule has 3 saturated heterocycles. The summed E-state index contributed by atoms with van der Waals surface area (Å²) in [5.74, 6) is 0.498. The van der Waals surface area contributed by atoms with Gasteiger partial charge < -0.3 is 4.74 Å². The first kappa shape index (κ1) is 12.6.